The molecule has 3 rings (SSSR count). The van der Waals surface area contributed by atoms with E-state index in [1.54, 1.807) is 43.3 Å². The van der Waals surface area contributed by atoms with Crippen LogP contribution in [0.1, 0.15) is 12.7 Å². The Morgan fingerprint density at radius 1 is 1.14 bits per heavy atom. The molecule has 146 valence electrons. The second-order valence-corrected chi connectivity index (χ2v) is 5.92. The van der Waals surface area contributed by atoms with Gasteiger partial charge in [0.05, 0.1) is 24.8 Å². The Hall–Kier alpha value is -3.55. The SMILES string of the molecule is CCOC(=O)COc1cccc2c(=O)n(CC(=O)NCc3ccco3)ccc12. The Bertz CT molecular complexity index is 1020. The lowest BCUT2D eigenvalue weighted by Crippen LogP contribution is -2.31. The molecule has 28 heavy (non-hydrogen) atoms. The van der Waals surface area contributed by atoms with Crippen LogP contribution in [0.5, 0.6) is 5.75 Å². The molecule has 1 N–H and O–H groups in total. The monoisotopic (exact) mass is 384 g/mol. The smallest absolute Gasteiger partial charge is 0.344 e. The zero-order chi connectivity index (χ0) is 19.9. The van der Waals surface area contributed by atoms with Gasteiger partial charge in [-0.1, -0.05) is 6.07 Å². The fraction of sp³-hybridized carbons (Fsp3) is 0.250. The molecule has 0 saturated heterocycles. The van der Waals surface area contributed by atoms with Crippen LogP contribution in [-0.4, -0.2) is 29.7 Å². The highest BCUT2D eigenvalue weighted by Gasteiger charge is 2.11. The molecule has 0 unspecified atom stereocenters. The molecule has 0 atom stereocenters. The van der Waals surface area contributed by atoms with E-state index in [0.717, 1.165) is 0 Å². The van der Waals surface area contributed by atoms with Crippen molar-refractivity contribution in [1.82, 2.24) is 9.88 Å². The van der Waals surface area contributed by atoms with Crippen molar-refractivity contribution < 1.29 is 23.5 Å². The van der Waals surface area contributed by atoms with Gasteiger partial charge in [-0.2, -0.15) is 0 Å². The zero-order valence-corrected chi connectivity index (χ0v) is 15.3. The maximum absolute atomic E-state index is 12.7. The van der Waals surface area contributed by atoms with Crippen molar-refractivity contribution in [2.45, 2.75) is 20.0 Å². The molecule has 8 nitrogen and oxygen atoms in total. The van der Waals surface area contributed by atoms with Crippen LogP contribution in [0.4, 0.5) is 0 Å². The fourth-order valence-electron chi connectivity index (χ4n) is 2.69. The number of aromatic nitrogens is 1. The summed E-state index contributed by atoms with van der Waals surface area (Å²) in [4.78, 5) is 36.3. The van der Waals surface area contributed by atoms with E-state index in [0.29, 0.717) is 22.3 Å². The van der Waals surface area contributed by atoms with E-state index in [9.17, 15) is 14.4 Å². The van der Waals surface area contributed by atoms with Crippen molar-refractivity contribution in [1.29, 1.82) is 0 Å². The minimum absolute atomic E-state index is 0.122. The number of pyridine rings is 1. The summed E-state index contributed by atoms with van der Waals surface area (Å²) >= 11 is 0. The van der Waals surface area contributed by atoms with Gasteiger partial charge >= 0.3 is 5.97 Å². The van der Waals surface area contributed by atoms with Gasteiger partial charge in [-0.25, -0.2) is 4.79 Å². The number of fused-ring (bicyclic) bond motifs is 1. The molecule has 0 radical (unpaired) electrons. The third kappa shape index (κ3) is 4.59. The van der Waals surface area contributed by atoms with E-state index in [1.807, 2.05) is 0 Å². The maximum atomic E-state index is 12.7. The molecule has 0 saturated carbocycles. The Labute approximate surface area is 160 Å². The molecule has 1 aromatic carbocycles. The lowest BCUT2D eigenvalue weighted by molar-refractivity contribution is -0.145. The Morgan fingerprint density at radius 3 is 2.75 bits per heavy atom. The van der Waals surface area contributed by atoms with Crippen LogP contribution < -0.4 is 15.6 Å². The van der Waals surface area contributed by atoms with E-state index in [4.69, 9.17) is 13.9 Å². The van der Waals surface area contributed by atoms with Gasteiger partial charge in [0.25, 0.3) is 5.56 Å². The summed E-state index contributed by atoms with van der Waals surface area (Å²) in [6, 6.07) is 10.1. The van der Waals surface area contributed by atoms with Crippen LogP contribution in [-0.2, 0) is 27.4 Å². The minimum atomic E-state index is -0.485. The fourth-order valence-corrected chi connectivity index (χ4v) is 2.69. The summed E-state index contributed by atoms with van der Waals surface area (Å²) in [5.74, 6) is 0.230. The predicted molar refractivity (Wildman–Crippen MR) is 101 cm³/mol. The third-order valence-electron chi connectivity index (χ3n) is 3.98. The molecule has 8 heteroatoms. The van der Waals surface area contributed by atoms with Crippen LogP contribution >= 0.6 is 0 Å². The first-order valence-corrected chi connectivity index (χ1v) is 8.78. The highest BCUT2D eigenvalue weighted by Crippen LogP contribution is 2.23. The van der Waals surface area contributed by atoms with Crippen LogP contribution in [0.25, 0.3) is 10.8 Å². The lowest BCUT2D eigenvalue weighted by atomic mass is 10.1. The second kappa shape index (κ2) is 8.90. The Kier molecular flexibility index (Phi) is 6.11. The number of nitrogens with zero attached hydrogens (tertiary/aromatic N) is 1. The van der Waals surface area contributed by atoms with Gasteiger partial charge in [0.2, 0.25) is 5.91 Å². The lowest BCUT2D eigenvalue weighted by Gasteiger charge is -2.11. The summed E-state index contributed by atoms with van der Waals surface area (Å²) in [7, 11) is 0. The first-order chi connectivity index (χ1) is 13.6. The van der Waals surface area contributed by atoms with Gasteiger partial charge in [0, 0.05) is 11.6 Å². The number of carbonyl (C=O) groups is 2. The van der Waals surface area contributed by atoms with Gasteiger partial charge in [0.1, 0.15) is 18.1 Å². The average molecular weight is 384 g/mol. The van der Waals surface area contributed by atoms with E-state index >= 15 is 0 Å². The van der Waals surface area contributed by atoms with Crippen LogP contribution in [0, 0.1) is 0 Å². The van der Waals surface area contributed by atoms with Gasteiger partial charge in [-0.15, -0.1) is 0 Å². The standard InChI is InChI=1S/C20H20N2O6/c1-2-26-19(24)13-28-17-7-3-6-16-15(17)8-9-22(20(16)25)12-18(23)21-11-14-5-4-10-27-14/h3-10H,2,11-13H2,1H3,(H,21,23). The van der Waals surface area contributed by atoms with Crippen LogP contribution in [0.3, 0.4) is 0 Å². The summed E-state index contributed by atoms with van der Waals surface area (Å²) in [5, 5.41) is 3.65. The molecule has 1 amide bonds. The molecular formula is C20H20N2O6. The molecule has 0 fully saturated rings. The van der Waals surface area contributed by atoms with Crippen molar-refractivity contribution in [3.05, 3.63) is 65.0 Å². The third-order valence-corrected chi connectivity index (χ3v) is 3.98. The molecule has 0 bridgehead atoms. The number of esters is 1. The highest BCUT2D eigenvalue weighted by atomic mass is 16.6. The summed E-state index contributed by atoms with van der Waals surface area (Å²) in [6.45, 7) is 1.86. The number of rotatable bonds is 8. The number of hydrogen-bond donors (Lipinski definition) is 1. The largest absolute Gasteiger partial charge is 0.481 e. The normalized spacial score (nSPS) is 10.6. The average Bonchev–Trinajstić information content (AvgIpc) is 3.21. The molecule has 2 heterocycles. The van der Waals surface area contributed by atoms with E-state index in [1.165, 1.54) is 17.0 Å². The molecule has 0 spiro atoms. The zero-order valence-electron chi connectivity index (χ0n) is 15.3. The molecular weight excluding hydrogens is 364 g/mol. The van der Waals surface area contributed by atoms with Gasteiger partial charge < -0.3 is 23.8 Å². The molecule has 0 aliphatic heterocycles. The van der Waals surface area contributed by atoms with Crippen LogP contribution in [0.15, 0.2) is 58.1 Å². The highest BCUT2D eigenvalue weighted by molar-refractivity contribution is 5.88. The second-order valence-electron chi connectivity index (χ2n) is 5.92. The van der Waals surface area contributed by atoms with Gasteiger partial charge in [-0.3, -0.25) is 9.59 Å². The first-order valence-electron chi connectivity index (χ1n) is 8.78. The number of ether oxygens (including phenoxy) is 2. The van der Waals surface area contributed by atoms with Crippen molar-refractivity contribution >= 4 is 22.6 Å². The number of nitrogens with one attached hydrogen (secondary N) is 1. The first kappa shape index (κ1) is 19.2. The quantitative estimate of drug-likeness (QED) is 0.595. The molecule has 0 aliphatic carbocycles. The number of hydrogen-bond acceptors (Lipinski definition) is 6. The molecule has 0 aliphatic rings. The maximum Gasteiger partial charge on any atom is 0.344 e. The van der Waals surface area contributed by atoms with Gasteiger partial charge in [0.15, 0.2) is 6.61 Å². The minimum Gasteiger partial charge on any atom is -0.481 e. The van der Waals surface area contributed by atoms with Crippen molar-refractivity contribution in [2.24, 2.45) is 0 Å². The number of carbonyl (C=O) groups excluding carboxylic acids is 2. The molecule has 3 aromatic rings. The van der Waals surface area contributed by atoms with Crippen LogP contribution in [0.2, 0.25) is 0 Å². The van der Waals surface area contributed by atoms with E-state index in [2.05, 4.69) is 5.32 Å². The number of furan rings is 1. The van der Waals surface area contributed by atoms with E-state index < -0.39 is 5.97 Å². The van der Waals surface area contributed by atoms with Gasteiger partial charge in [-0.05, 0) is 37.3 Å². The van der Waals surface area contributed by atoms with Crippen molar-refractivity contribution in [3.63, 3.8) is 0 Å². The Morgan fingerprint density at radius 2 is 2.00 bits per heavy atom. The summed E-state index contributed by atoms with van der Waals surface area (Å²) in [6.07, 6.45) is 3.05. The Balaban J connectivity index is 1.73. The van der Waals surface area contributed by atoms with Crippen molar-refractivity contribution in [3.8, 4) is 5.75 Å². The number of benzene rings is 1. The van der Waals surface area contributed by atoms with Crippen molar-refractivity contribution in [2.75, 3.05) is 13.2 Å². The van der Waals surface area contributed by atoms with E-state index in [-0.39, 0.29) is 37.8 Å². The topological polar surface area (TPSA) is 99.8 Å². The molecule has 2 aromatic heterocycles. The summed E-state index contributed by atoms with van der Waals surface area (Å²) < 4.78 is 16.8. The summed E-state index contributed by atoms with van der Waals surface area (Å²) in [5.41, 5.74) is -0.327. The number of amides is 1. The predicted octanol–water partition coefficient (Wildman–Crippen LogP) is 1.85.